The third kappa shape index (κ3) is 2.01. The van der Waals surface area contributed by atoms with Crippen LogP contribution in [0.5, 0.6) is 5.88 Å². The van der Waals surface area contributed by atoms with Gasteiger partial charge in [-0.2, -0.15) is 5.32 Å². The van der Waals surface area contributed by atoms with Gasteiger partial charge >= 0.3 is 0 Å². The average molecular weight is 205 g/mol. The van der Waals surface area contributed by atoms with E-state index in [0.717, 1.165) is 0 Å². The highest BCUT2D eigenvalue weighted by molar-refractivity contribution is 6.01. The van der Waals surface area contributed by atoms with E-state index in [4.69, 9.17) is 4.74 Å². The predicted molar refractivity (Wildman–Crippen MR) is 55.0 cm³/mol. The van der Waals surface area contributed by atoms with Gasteiger partial charge < -0.3 is 10.1 Å². The Morgan fingerprint density at radius 2 is 2.27 bits per heavy atom. The molecule has 2 heterocycles. The van der Waals surface area contributed by atoms with Crippen molar-refractivity contribution >= 4 is 18.1 Å². The van der Waals surface area contributed by atoms with E-state index in [9.17, 15) is 0 Å². The molecule has 0 amide bonds. The van der Waals surface area contributed by atoms with Crippen LogP contribution in [0.3, 0.4) is 0 Å². The lowest BCUT2D eigenvalue weighted by atomic mass is 10.4. The zero-order chi connectivity index (χ0) is 10.7. The molecule has 1 N–H and O–H groups in total. The van der Waals surface area contributed by atoms with Crippen LogP contribution >= 0.6 is 0 Å². The molecule has 0 aromatic carbocycles. The van der Waals surface area contributed by atoms with Crippen LogP contribution < -0.4 is 15.4 Å². The van der Waals surface area contributed by atoms with Crippen molar-refractivity contribution in [1.29, 1.82) is 0 Å². The van der Waals surface area contributed by atoms with Gasteiger partial charge in [-0.3, -0.25) is 0 Å². The lowest BCUT2D eigenvalue weighted by molar-refractivity contribution is 0.395. The Morgan fingerprint density at radius 3 is 2.87 bits per heavy atom. The molecule has 1 aliphatic rings. The highest BCUT2D eigenvalue weighted by atomic mass is 16.5. The lowest BCUT2D eigenvalue weighted by Crippen LogP contribution is -2.21. The fourth-order valence-electron chi connectivity index (χ4n) is 1.03. The Kier molecular flexibility index (Phi) is 2.44. The summed E-state index contributed by atoms with van der Waals surface area (Å²) >= 11 is 0. The van der Waals surface area contributed by atoms with Crippen LogP contribution in [-0.4, -0.2) is 29.4 Å². The third-order valence-corrected chi connectivity index (χ3v) is 1.75. The second-order valence-electron chi connectivity index (χ2n) is 2.76. The molecule has 1 aliphatic heterocycles. The molecule has 1 radical (unpaired) electrons. The quantitative estimate of drug-likeness (QED) is 0.743. The minimum absolute atomic E-state index is 0.401. The highest BCUT2D eigenvalue weighted by Crippen LogP contribution is 2.12. The molecule has 0 bridgehead atoms. The molecule has 7 nitrogen and oxygen atoms in total. The Hall–Kier alpha value is -2.18. The molecule has 0 aliphatic carbocycles. The maximum atomic E-state index is 4.94. The van der Waals surface area contributed by atoms with Gasteiger partial charge in [0.1, 0.15) is 6.34 Å². The van der Waals surface area contributed by atoms with Crippen LogP contribution in [0.2, 0.25) is 0 Å². The Balaban J connectivity index is 2.15. The van der Waals surface area contributed by atoms with Crippen LogP contribution in [0.1, 0.15) is 5.69 Å². The van der Waals surface area contributed by atoms with E-state index in [1.165, 1.54) is 12.5 Å². The molecule has 0 fully saturated rings. The predicted octanol–water partition coefficient (Wildman–Crippen LogP) is 0.123. The molecular weight excluding hydrogens is 196 g/mol. The van der Waals surface area contributed by atoms with Crippen molar-refractivity contribution < 1.29 is 4.74 Å². The van der Waals surface area contributed by atoms with Crippen molar-refractivity contribution in [3.8, 4) is 5.88 Å². The maximum Gasteiger partial charge on any atom is 0.249 e. The Labute approximate surface area is 86.3 Å². The van der Waals surface area contributed by atoms with Crippen LogP contribution in [-0.2, 0) is 0 Å². The van der Waals surface area contributed by atoms with Crippen LogP contribution in [0.25, 0.3) is 0 Å². The van der Waals surface area contributed by atoms with Gasteiger partial charge in [-0.05, 0) is 6.92 Å². The van der Waals surface area contributed by atoms with Gasteiger partial charge in [-0.15, -0.1) is 10.2 Å². The number of rotatable bonds is 2. The van der Waals surface area contributed by atoms with Crippen LogP contribution in [0.4, 0.5) is 5.82 Å². The average Bonchev–Trinajstić information content (AvgIpc) is 2.74. The molecule has 77 valence electrons. The number of nitrogens with one attached hydrogen (secondary N) is 1. The molecule has 15 heavy (non-hydrogen) atoms. The van der Waals surface area contributed by atoms with Gasteiger partial charge in [0.15, 0.2) is 5.82 Å². The van der Waals surface area contributed by atoms with Crippen molar-refractivity contribution in [3.63, 3.8) is 0 Å². The summed E-state index contributed by atoms with van der Waals surface area (Å²) in [6, 6.07) is 0. The first-order valence-corrected chi connectivity index (χ1v) is 4.24. The monoisotopic (exact) mass is 205 g/mol. The van der Waals surface area contributed by atoms with Gasteiger partial charge in [-0.1, -0.05) is 0 Å². The number of nitrogens with zero attached hydrogens (tertiary/aromatic N) is 5. The van der Waals surface area contributed by atoms with E-state index in [-0.39, 0.29) is 0 Å². The first-order valence-electron chi connectivity index (χ1n) is 4.24. The maximum absolute atomic E-state index is 4.94. The van der Waals surface area contributed by atoms with Crippen LogP contribution in [0.15, 0.2) is 16.4 Å². The van der Waals surface area contributed by atoms with Crippen molar-refractivity contribution in [2.45, 2.75) is 6.92 Å². The number of guanidine groups is 1. The second kappa shape index (κ2) is 3.91. The van der Waals surface area contributed by atoms with Gasteiger partial charge in [0.05, 0.1) is 19.0 Å². The molecular formula is C8H9N6O. The second-order valence-corrected chi connectivity index (χ2v) is 2.76. The number of methoxy groups -OCH3 is 1. The summed E-state index contributed by atoms with van der Waals surface area (Å²) in [5.41, 5.74) is 0.708. The summed E-state index contributed by atoms with van der Waals surface area (Å²) in [6.45, 7) is 1.81. The SMILES string of the molecule is COc1cnc(NC2=NN=C[N]2)c(C)n1. The topological polar surface area (TPSA) is 85.9 Å². The first-order chi connectivity index (χ1) is 7.29. The first kappa shape index (κ1) is 9.38. The van der Waals surface area contributed by atoms with Crippen molar-refractivity contribution in [1.82, 2.24) is 15.3 Å². The summed E-state index contributed by atoms with van der Waals surface area (Å²) in [6.07, 6.45) is 2.88. The Morgan fingerprint density at radius 1 is 1.40 bits per heavy atom. The number of ether oxygens (including phenoxy) is 1. The smallest absolute Gasteiger partial charge is 0.249 e. The highest BCUT2D eigenvalue weighted by Gasteiger charge is 2.08. The standard InChI is InChI=1S/C8H9N6O/c1-5-7(9-3-6(12-5)15-2)13-8-10-4-11-14-8/h3-4H,1-2H3,(H,9,13,14). The zero-order valence-electron chi connectivity index (χ0n) is 8.30. The molecule has 0 spiro atoms. The van der Waals surface area contributed by atoms with Crippen molar-refractivity contribution in [2.24, 2.45) is 10.2 Å². The van der Waals surface area contributed by atoms with E-state index in [0.29, 0.717) is 23.4 Å². The molecule has 0 atom stereocenters. The molecule has 1 aromatic heterocycles. The molecule has 2 rings (SSSR count). The molecule has 7 heteroatoms. The minimum Gasteiger partial charge on any atom is -0.480 e. The largest absolute Gasteiger partial charge is 0.480 e. The van der Waals surface area contributed by atoms with E-state index in [2.05, 4.69) is 30.8 Å². The molecule has 1 aromatic rings. The lowest BCUT2D eigenvalue weighted by Gasteiger charge is -2.06. The van der Waals surface area contributed by atoms with E-state index < -0.39 is 0 Å². The van der Waals surface area contributed by atoms with Crippen LogP contribution in [0, 0.1) is 6.92 Å². The summed E-state index contributed by atoms with van der Waals surface area (Å²) in [4.78, 5) is 8.27. The fourth-order valence-corrected chi connectivity index (χ4v) is 1.03. The summed E-state index contributed by atoms with van der Waals surface area (Å²) in [7, 11) is 1.54. The summed E-state index contributed by atoms with van der Waals surface area (Å²) in [5, 5.41) is 14.1. The fraction of sp³-hybridized carbons (Fsp3) is 0.250. The Bertz CT molecular complexity index is 427. The van der Waals surface area contributed by atoms with Crippen molar-refractivity contribution in [3.05, 3.63) is 11.9 Å². The van der Waals surface area contributed by atoms with Gasteiger partial charge in [0, 0.05) is 0 Å². The van der Waals surface area contributed by atoms with Crippen molar-refractivity contribution in [2.75, 3.05) is 12.4 Å². The number of hydrogen-bond donors (Lipinski definition) is 1. The summed E-state index contributed by atoms with van der Waals surface area (Å²) in [5.74, 6) is 1.46. The molecule has 0 saturated carbocycles. The summed E-state index contributed by atoms with van der Waals surface area (Å²) < 4.78 is 4.94. The molecule has 0 unspecified atom stereocenters. The van der Waals surface area contributed by atoms with E-state index in [1.807, 2.05) is 6.92 Å². The number of anilines is 1. The molecule has 0 saturated heterocycles. The minimum atomic E-state index is 0.401. The van der Waals surface area contributed by atoms with E-state index in [1.54, 1.807) is 7.11 Å². The van der Waals surface area contributed by atoms with Gasteiger partial charge in [0.25, 0.3) is 0 Å². The zero-order valence-corrected chi connectivity index (χ0v) is 8.30. The third-order valence-electron chi connectivity index (χ3n) is 1.75. The van der Waals surface area contributed by atoms with E-state index >= 15 is 0 Å². The number of aryl methyl sites for hydroxylation is 1. The normalized spacial score (nSPS) is 13.3. The number of aromatic nitrogens is 2. The number of hydrogen-bond acceptors (Lipinski definition) is 6. The van der Waals surface area contributed by atoms with Gasteiger partial charge in [0.2, 0.25) is 11.8 Å². The van der Waals surface area contributed by atoms with Gasteiger partial charge in [-0.25, -0.2) is 9.97 Å².